The number of hydrogen-bond donors (Lipinski definition) is 0. The molecule has 1 fully saturated rings. The maximum atomic E-state index is 13.1. The van der Waals surface area contributed by atoms with Crippen LogP contribution in [-0.4, -0.2) is 25.5 Å². The largest absolute Gasteiger partial charge is 0.465 e. The second-order valence-corrected chi connectivity index (χ2v) is 8.01. The van der Waals surface area contributed by atoms with E-state index in [9.17, 15) is 13.2 Å². The first kappa shape index (κ1) is 15.9. The van der Waals surface area contributed by atoms with Gasteiger partial charge in [0.05, 0.1) is 23.1 Å². The minimum atomic E-state index is -3.74. The minimum Gasteiger partial charge on any atom is -0.465 e. The van der Waals surface area contributed by atoms with Gasteiger partial charge in [-0.3, -0.25) is 0 Å². The van der Waals surface area contributed by atoms with Gasteiger partial charge in [0, 0.05) is 11.6 Å². The van der Waals surface area contributed by atoms with E-state index >= 15 is 0 Å². The van der Waals surface area contributed by atoms with E-state index < -0.39 is 16.0 Å². The number of ether oxygens (including phenoxy) is 1. The second-order valence-electron chi connectivity index (χ2n) is 6.19. The summed E-state index contributed by atoms with van der Waals surface area (Å²) in [6, 6.07) is 13.4. The lowest BCUT2D eigenvalue weighted by Crippen LogP contribution is -2.12. The van der Waals surface area contributed by atoms with Gasteiger partial charge in [0.1, 0.15) is 0 Å². The van der Waals surface area contributed by atoms with Crippen molar-refractivity contribution >= 4 is 26.9 Å². The summed E-state index contributed by atoms with van der Waals surface area (Å²) in [4.78, 5) is 11.7. The van der Waals surface area contributed by atoms with Crippen molar-refractivity contribution in [2.24, 2.45) is 0 Å². The second kappa shape index (κ2) is 5.74. The molecular weight excluding hydrogens is 338 g/mol. The number of nitrogens with zero attached hydrogens (tertiary/aromatic N) is 1. The van der Waals surface area contributed by atoms with Crippen LogP contribution in [0, 0.1) is 0 Å². The van der Waals surface area contributed by atoms with E-state index in [2.05, 4.69) is 4.74 Å². The Morgan fingerprint density at radius 1 is 1.08 bits per heavy atom. The van der Waals surface area contributed by atoms with Crippen molar-refractivity contribution in [1.29, 1.82) is 0 Å². The highest BCUT2D eigenvalue weighted by molar-refractivity contribution is 7.90. The number of carbonyl (C=O) groups excluding carboxylic acids is 1. The molecule has 0 radical (unpaired) electrons. The zero-order valence-electron chi connectivity index (χ0n) is 13.7. The zero-order chi connectivity index (χ0) is 17.6. The fraction of sp³-hybridized carbons (Fsp3) is 0.211. The van der Waals surface area contributed by atoms with E-state index in [4.69, 9.17) is 0 Å². The third-order valence-corrected chi connectivity index (χ3v) is 6.25. The van der Waals surface area contributed by atoms with Gasteiger partial charge in [-0.15, -0.1) is 0 Å². The van der Waals surface area contributed by atoms with E-state index in [1.54, 1.807) is 6.20 Å². The molecule has 1 aliphatic rings. The summed E-state index contributed by atoms with van der Waals surface area (Å²) >= 11 is 0. The lowest BCUT2D eigenvalue weighted by molar-refractivity contribution is 0.0600. The van der Waals surface area contributed by atoms with Crippen molar-refractivity contribution in [3.63, 3.8) is 0 Å². The first-order chi connectivity index (χ1) is 12.0. The zero-order valence-corrected chi connectivity index (χ0v) is 14.5. The van der Waals surface area contributed by atoms with Gasteiger partial charge in [0.2, 0.25) is 0 Å². The summed E-state index contributed by atoms with van der Waals surface area (Å²) in [5.74, 6) is -0.0468. The third-order valence-electron chi connectivity index (χ3n) is 4.56. The normalized spacial score (nSPS) is 14.6. The highest BCUT2D eigenvalue weighted by Gasteiger charge is 2.29. The van der Waals surface area contributed by atoms with Gasteiger partial charge in [-0.25, -0.2) is 17.2 Å². The molecule has 0 unspecified atom stereocenters. The predicted octanol–water partition coefficient (Wildman–Crippen LogP) is 3.54. The number of benzene rings is 2. The van der Waals surface area contributed by atoms with Crippen molar-refractivity contribution in [1.82, 2.24) is 3.97 Å². The summed E-state index contributed by atoms with van der Waals surface area (Å²) < 4.78 is 32.2. The van der Waals surface area contributed by atoms with E-state index in [-0.39, 0.29) is 4.90 Å². The number of methoxy groups -OCH3 is 1. The molecule has 1 heterocycles. The smallest absolute Gasteiger partial charge is 0.337 e. The summed E-state index contributed by atoms with van der Waals surface area (Å²) in [5.41, 5.74) is 2.09. The molecule has 0 atom stereocenters. The number of fused-ring (bicyclic) bond motifs is 1. The molecule has 6 heteroatoms. The van der Waals surface area contributed by atoms with Crippen LogP contribution in [0.1, 0.15) is 34.7 Å². The quantitative estimate of drug-likeness (QED) is 0.672. The number of hydrogen-bond acceptors (Lipinski definition) is 4. The number of rotatable bonds is 4. The molecule has 3 aromatic rings. The molecule has 25 heavy (non-hydrogen) atoms. The fourth-order valence-corrected chi connectivity index (χ4v) is 4.47. The molecule has 2 aromatic carbocycles. The van der Waals surface area contributed by atoms with Crippen LogP contribution < -0.4 is 0 Å². The summed E-state index contributed by atoms with van der Waals surface area (Å²) in [6.45, 7) is 0. The average molecular weight is 355 g/mol. The van der Waals surface area contributed by atoms with Crippen molar-refractivity contribution in [2.45, 2.75) is 23.7 Å². The molecule has 0 saturated heterocycles. The van der Waals surface area contributed by atoms with Crippen LogP contribution in [0.4, 0.5) is 0 Å². The summed E-state index contributed by atoms with van der Waals surface area (Å²) in [6.07, 6.45) is 3.94. The standard InChI is InChI=1S/C19H17NO4S/c1-24-19(21)14-8-10-15(11-9-14)25(22,23)20-12-17(13-6-7-13)16-4-2-3-5-18(16)20/h2-5,8-13H,6-7H2,1H3. The van der Waals surface area contributed by atoms with Crippen LogP contribution in [0.3, 0.4) is 0 Å². The first-order valence-electron chi connectivity index (χ1n) is 8.06. The van der Waals surface area contributed by atoms with Crippen LogP contribution in [0.5, 0.6) is 0 Å². The average Bonchev–Trinajstić information content (AvgIpc) is 3.41. The fourth-order valence-electron chi connectivity index (χ4n) is 3.09. The van der Waals surface area contributed by atoms with Crippen LogP contribution in [-0.2, 0) is 14.8 Å². The lowest BCUT2D eigenvalue weighted by atomic mass is 10.1. The molecule has 1 aromatic heterocycles. The van der Waals surface area contributed by atoms with Crippen LogP contribution in [0.15, 0.2) is 59.6 Å². The number of carbonyl (C=O) groups is 1. The monoisotopic (exact) mass is 355 g/mol. The van der Waals surface area contributed by atoms with E-state index in [0.29, 0.717) is 17.0 Å². The summed E-state index contributed by atoms with van der Waals surface area (Å²) in [5, 5.41) is 0.986. The Morgan fingerprint density at radius 3 is 2.40 bits per heavy atom. The van der Waals surface area contributed by atoms with E-state index in [1.807, 2.05) is 24.3 Å². The number of aromatic nitrogens is 1. The third kappa shape index (κ3) is 2.62. The van der Waals surface area contributed by atoms with Gasteiger partial charge in [0.25, 0.3) is 10.0 Å². The van der Waals surface area contributed by atoms with Gasteiger partial charge >= 0.3 is 5.97 Å². The summed E-state index contributed by atoms with van der Waals surface area (Å²) in [7, 11) is -2.45. The Kier molecular flexibility index (Phi) is 3.65. The highest BCUT2D eigenvalue weighted by Crippen LogP contribution is 2.44. The van der Waals surface area contributed by atoms with Crippen molar-refractivity contribution < 1.29 is 17.9 Å². The van der Waals surface area contributed by atoms with Crippen LogP contribution in [0.25, 0.3) is 10.9 Å². The molecule has 0 N–H and O–H groups in total. The molecule has 5 nitrogen and oxygen atoms in total. The Hall–Kier alpha value is -2.60. The molecule has 0 bridgehead atoms. The molecular formula is C19H17NO4S. The lowest BCUT2D eigenvalue weighted by Gasteiger charge is -2.08. The van der Waals surface area contributed by atoms with E-state index in [0.717, 1.165) is 23.8 Å². The Balaban J connectivity index is 1.83. The molecule has 128 valence electrons. The van der Waals surface area contributed by atoms with Crippen molar-refractivity contribution in [3.05, 3.63) is 65.9 Å². The van der Waals surface area contributed by atoms with Crippen LogP contribution >= 0.6 is 0 Å². The van der Waals surface area contributed by atoms with Gasteiger partial charge in [-0.2, -0.15) is 0 Å². The Bertz CT molecular complexity index is 1060. The van der Waals surface area contributed by atoms with Crippen LogP contribution in [0.2, 0.25) is 0 Å². The number of para-hydroxylation sites is 1. The van der Waals surface area contributed by atoms with Crippen molar-refractivity contribution in [3.8, 4) is 0 Å². The molecule has 4 rings (SSSR count). The van der Waals surface area contributed by atoms with Gasteiger partial charge in [-0.05, 0) is 54.7 Å². The first-order valence-corrected chi connectivity index (χ1v) is 9.50. The maximum absolute atomic E-state index is 13.1. The maximum Gasteiger partial charge on any atom is 0.337 e. The molecule has 0 amide bonds. The molecule has 1 aliphatic carbocycles. The van der Waals surface area contributed by atoms with Gasteiger partial charge in [0.15, 0.2) is 0 Å². The molecule has 0 aliphatic heterocycles. The van der Waals surface area contributed by atoms with E-state index in [1.165, 1.54) is 35.3 Å². The van der Waals surface area contributed by atoms with Gasteiger partial charge in [-0.1, -0.05) is 18.2 Å². The Labute approximate surface area is 145 Å². The SMILES string of the molecule is COC(=O)c1ccc(S(=O)(=O)n2cc(C3CC3)c3ccccc32)cc1. The minimum absolute atomic E-state index is 0.142. The topological polar surface area (TPSA) is 65.4 Å². The van der Waals surface area contributed by atoms with Crippen molar-refractivity contribution in [2.75, 3.05) is 7.11 Å². The number of esters is 1. The predicted molar refractivity (Wildman–Crippen MR) is 94.3 cm³/mol. The molecule has 1 saturated carbocycles. The Morgan fingerprint density at radius 2 is 1.76 bits per heavy atom. The highest BCUT2D eigenvalue weighted by atomic mass is 32.2. The molecule has 0 spiro atoms. The van der Waals surface area contributed by atoms with Gasteiger partial charge < -0.3 is 4.74 Å².